The molecule has 1 atom stereocenters. The van der Waals surface area contributed by atoms with Crippen molar-refractivity contribution >= 4 is 43.1 Å². The number of hydrogen-bond acceptors (Lipinski definition) is 5. The normalized spacial score (nSPS) is 14.8. The molecule has 1 rings (SSSR count). The number of oxime groups is 1. The first-order chi connectivity index (χ1) is 7.85. The highest BCUT2D eigenvalue weighted by Gasteiger charge is 2.19. The van der Waals surface area contributed by atoms with Crippen molar-refractivity contribution in [1.29, 1.82) is 0 Å². The van der Waals surface area contributed by atoms with E-state index >= 15 is 0 Å². The zero-order valence-corrected chi connectivity index (χ0v) is 12.1. The molecule has 1 unspecified atom stereocenters. The maximum Gasteiger partial charge on any atom is 0.250 e. The molecule has 0 aliphatic rings. The summed E-state index contributed by atoms with van der Waals surface area (Å²) in [5.41, 5.74) is 5.30. The minimum atomic E-state index is -3.55. The minimum Gasteiger partial charge on any atom is -0.409 e. The molecular formula is C8H12BrN3O3S2. The molecule has 9 heteroatoms. The first kappa shape index (κ1) is 14.4. The number of nitrogens with zero attached hydrogens (tertiary/aromatic N) is 1. The summed E-state index contributed by atoms with van der Waals surface area (Å²) in [6.45, 7) is 1.64. The monoisotopic (exact) mass is 341 g/mol. The molecule has 0 amide bonds. The number of sulfonamides is 1. The molecule has 0 aromatic carbocycles. The Labute approximate surface area is 112 Å². The summed E-state index contributed by atoms with van der Waals surface area (Å²) in [7, 11) is -3.55. The lowest BCUT2D eigenvalue weighted by atomic mass is 10.2. The van der Waals surface area contributed by atoms with Gasteiger partial charge in [-0.25, -0.2) is 13.1 Å². The second-order valence-electron chi connectivity index (χ2n) is 3.38. The first-order valence-corrected chi connectivity index (χ1v) is 7.68. The number of nitrogens with two attached hydrogens (primary N) is 1. The van der Waals surface area contributed by atoms with Crippen LogP contribution in [0.4, 0.5) is 0 Å². The van der Waals surface area contributed by atoms with Crippen LogP contribution in [0.3, 0.4) is 0 Å². The average Bonchev–Trinajstić information content (AvgIpc) is 2.64. The molecule has 0 bridgehead atoms. The molecule has 1 aromatic rings. The zero-order valence-electron chi connectivity index (χ0n) is 8.92. The van der Waals surface area contributed by atoms with Crippen molar-refractivity contribution in [2.75, 3.05) is 0 Å². The number of amidine groups is 1. The summed E-state index contributed by atoms with van der Waals surface area (Å²) < 4.78 is 27.1. The Morgan fingerprint density at radius 1 is 1.71 bits per heavy atom. The number of hydrogen-bond donors (Lipinski definition) is 3. The minimum absolute atomic E-state index is 0.0208. The smallest absolute Gasteiger partial charge is 0.250 e. The summed E-state index contributed by atoms with van der Waals surface area (Å²) in [5.74, 6) is -0.0208. The van der Waals surface area contributed by atoms with Crippen molar-refractivity contribution in [3.05, 3.63) is 15.9 Å². The molecular weight excluding hydrogens is 330 g/mol. The van der Waals surface area contributed by atoms with E-state index in [1.165, 1.54) is 6.07 Å². The third kappa shape index (κ3) is 4.26. The van der Waals surface area contributed by atoms with Gasteiger partial charge in [0.1, 0.15) is 10.0 Å². The average molecular weight is 342 g/mol. The van der Waals surface area contributed by atoms with E-state index in [1.807, 2.05) is 0 Å². The van der Waals surface area contributed by atoms with Crippen LogP contribution in [0.1, 0.15) is 13.3 Å². The van der Waals surface area contributed by atoms with Gasteiger partial charge < -0.3 is 10.9 Å². The van der Waals surface area contributed by atoms with Gasteiger partial charge in [-0.15, -0.1) is 11.3 Å². The predicted molar refractivity (Wildman–Crippen MR) is 69.8 cm³/mol. The van der Waals surface area contributed by atoms with Crippen LogP contribution < -0.4 is 10.5 Å². The van der Waals surface area contributed by atoms with Gasteiger partial charge in [-0.05, 0) is 35.0 Å². The lowest BCUT2D eigenvalue weighted by Crippen LogP contribution is -2.35. The summed E-state index contributed by atoms with van der Waals surface area (Å²) in [5, 5.41) is 11.2. The Morgan fingerprint density at radius 2 is 2.35 bits per heavy atom. The van der Waals surface area contributed by atoms with Crippen LogP contribution in [0.2, 0.25) is 0 Å². The van der Waals surface area contributed by atoms with Gasteiger partial charge in [-0.1, -0.05) is 5.16 Å². The largest absolute Gasteiger partial charge is 0.409 e. The van der Waals surface area contributed by atoms with Crippen LogP contribution in [0, 0.1) is 0 Å². The van der Waals surface area contributed by atoms with E-state index in [2.05, 4.69) is 25.8 Å². The van der Waals surface area contributed by atoms with E-state index in [9.17, 15) is 8.42 Å². The molecule has 4 N–H and O–H groups in total. The van der Waals surface area contributed by atoms with Gasteiger partial charge in [-0.2, -0.15) is 0 Å². The molecule has 1 aromatic heterocycles. The van der Waals surface area contributed by atoms with E-state index in [0.717, 1.165) is 15.1 Å². The van der Waals surface area contributed by atoms with Crippen molar-refractivity contribution in [1.82, 2.24) is 4.72 Å². The van der Waals surface area contributed by atoms with Gasteiger partial charge in [0.05, 0.1) is 3.79 Å². The van der Waals surface area contributed by atoms with Crippen LogP contribution in [-0.2, 0) is 10.0 Å². The molecule has 0 fully saturated rings. The van der Waals surface area contributed by atoms with Crippen molar-refractivity contribution in [3.63, 3.8) is 0 Å². The number of rotatable bonds is 5. The third-order valence-electron chi connectivity index (χ3n) is 1.81. The SMILES string of the molecule is CC(CC(N)=NO)NS(=O)(=O)c1ccc(Br)s1. The Balaban J connectivity index is 2.74. The van der Waals surface area contributed by atoms with Gasteiger partial charge in [0.2, 0.25) is 10.0 Å². The fraction of sp³-hybridized carbons (Fsp3) is 0.375. The standard InChI is InChI=1S/C8H12BrN3O3S2/c1-5(4-7(10)11-13)12-17(14,15)8-3-2-6(9)16-8/h2-3,5,12-13H,4H2,1H3,(H2,10,11). The maximum absolute atomic E-state index is 11.9. The third-order valence-corrected chi connectivity index (χ3v) is 5.52. The van der Waals surface area contributed by atoms with E-state index < -0.39 is 16.1 Å². The van der Waals surface area contributed by atoms with Gasteiger partial charge in [0.25, 0.3) is 0 Å². The van der Waals surface area contributed by atoms with E-state index in [4.69, 9.17) is 10.9 Å². The van der Waals surface area contributed by atoms with Gasteiger partial charge >= 0.3 is 0 Å². The Morgan fingerprint density at radius 3 is 2.82 bits per heavy atom. The van der Waals surface area contributed by atoms with Gasteiger partial charge in [0.15, 0.2) is 0 Å². The highest BCUT2D eigenvalue weighted by molar-refractivity contribution is 9.11. The molecule has 0 aliphatic carbocycles. The number of nitrogens with one attached hydrogen (secondary N) is 1. The summed E-state index contributed by atoms with van der Waals surface area (Å²) in [4.78, 5) is 0. The van der Waals surface area contributed by atoms with Crippen LogP contribution in [-0.4, -0.2) is 25.5 Å². The van der Waals surface area contributed by atoms with Crippen molar-refractivity contribution in [3.8, 4) is 0 Å². The summed E-state index contributed by atoms with van der Waals surface area (Å²) >= 11 is 4.31. The van der Waals surface area contributed by atoms with Gasteiger partial charge in [-0.3, -0.25) is 0 Å². The lowest BCUT2D eigenvalue weighted by molar-refractivity contribution is 0.316. The molecule has 0 aliphatic heterocycles. The quantitative estimate of drug-likeness (QED) is 0.325. The highest BCUT2D eigenvalue weighted by atomic mass is 79.9. The molecule has 0 radical (unpaired) electrons. The second kappa shape index (κ2) is 5.80. The van der Waals surface area contributed by atoms with Crippen LogP contribution in [0.25, 0.3) is 0 Å². The fourth-order valence-electron chi connectivity index (χ4n) is 1.16. The van der Waals surface area contributed by atoms with E-state index in [0.29, 0.717) is 0 Å². The lowest BCUT2D eigenvalue weighted by Gasteiger charge is -2.12. The van der Waals surface area contributed by atoms with Crippen molar-refractivity contribution in [2.24, 2.45) is 10.9 Å². The molecule has 0 saturated carbocycles. The molecule has 0 spiro atoms. The van der Waals surface area contributed by atoms with Crippen LogP contribution >= 0.6 is 27.3 Å². The van der Waals surface area contributed by atoms with Crippen LogP contribution in [0.5, 0.6) is 0 Å². The number of thiophene rings is 1. The predicted octanol–water partition coefficient (Wildman–Crippen LogP) is 1.31. The summed E-state index contributed by atoms with van der Waals surface area (Å²) in [6.07, 6.45) is 0.141. The number of halogens is 1. The van der Waals surface area contributed by atoms with E-state index in [1.54, 1.807) is 13.0 Å². The van der Waals surface area contributed by atoms with Crippen molar-refractivity contribution in [2.45, 2.75) is 23.6 Å². The van der Waals surface area contributed by atoms with Crippen LogP contribution in [0.15, 0.2) is 25.3 Å². The molecule has 0 saturated heterocycles. The summed E-state index contributed by atoms with van der Waals surface area (Å²) in [6, 6.07) is 2.72. The topological polar surface area (TPSA) is 105 Å². The molecule has 17 heavy (non-hydrogen) atoms. The molecule has 1 heterocycles. The second-order valence-corrected chi connectivity index (χ2v) is 7.78. The first-order valence-electron chi connectivity index (χ1n) is 4.59. The van der Waals surface area contributed by atoms with Gasteiger partial charge in [0, 0.05) is 12.5 Å². The highest BCUT2D eigenvalue weighted by Crippen LogP contribution is 2.25. The van der Waals surface area contributed by atoms with Crippen molar-refractivity contribution < 1.29 is 13.6 Å². The molecule has 96 valence electrons. The fourth-order valence-corrected chi connectivity index (χ4v) is 4.43. The zero-order chi connectivity index (χ0) is 13.1. The van der Waals surface area contributed by atoms with E-state index in [-0.39, 0.29) is 16.5 Å². The molecule has 6 nitrogen and oxygen atoms in total. The Kier molecular flexibility index (Phi) is 4.92. The Hall–Kier alpha value is -0.640. The Bertz CT molecular complexity index is 512. The maximum atomic E-state index is 11.9.